The molecule has 25 heavy (non-hydrogen) atoms. The maximum absolute atomic E-state index is 12.1. The Morgan fingerprint density at radius 1 is 0.880 bits per heavy atom. The van der Waals surface area contributed by atoms with Crippen molar-refractivity contribution < 1.29 is 25.2 Å². The van der Waals surface area contributed by atoms with Crippen molar-refractivity contribution in [3.63, 3.8) is 0 Å². The molecule has 0 saturated carbocycles. The van der Waals surface area contributed by atoms with Crippen molar-refractivity contribution >= 4 is 22.9 Å². The normalized spacial score (nSPS) is 11.0. The Bertz CT molecular complexity index is 998. The van der Waals surface area contributed by atoms with Crippen LogP contribution in [0.2, 0.25) is 0 Å². The van der Waals surface area contributed by atoms with Crippen LogP contribution in [0.3, 0.4) is 0 Å². The van der Waals surface area contributed by atoms with Crippen LogP contribution in [0.15, 0.2) is 53.6 Å². The van der Waals surface area contributed by atoms with Crippen molar-refractivity contribution in [2.24, 2.45) is 5.10 Å². The third kappa shape index (κ3) is 3.30. The summed E-state index contributed by atoms with van der Waals surface area (Å²) in [5.74, 6) is -1.97. The van der Waals surface area contributed by atoms with Gasteiger partial charge in [-0.15, -0.1) is 0 Å². The van der Waals surface area contributed by atoms with E-state index < -0.39 is 23.2 Å². The Balaban J connectivity index is 1.76. The van der Waals surface area contributed by atoms with Crippen molar-refractivity contribution in [3.8, 4) is 23.0 Å². The lowest BCUT2D eigenvalue weighted by atomic mass is 10.1. The van der Waals surface area contributed by atoms with Gasteiger partial charge in [-0.2, -0.15) is 5.10 Å². The van der Waals surface area contributed by atoms with Crippen LogP contribution in [0.25, 0.3) is 10.8 Å². The number of phenolic OH excluding ortho intramolecular Hbond substituents is 4. The molecule has 3 aromatic carbocycles. The van der Waals surface area contributed by atoms with Gasteiger partial charge < -0.3 is 20.4 Å². The Kier molecular flexibility index (Phi) is 4.13. The Labute approximate surface area is 142 Å². The molecule has 126 valence electrons. The monoisotopic (exact) mass is 338 g/mol. The molecule has 0 aliphatic rings. The number of phenols is 4. The molecule has 3 aromatic rings. The fraction of sp³-hybridized carbons (Fsp3) is 0. The van der Waals surface area contributed by atoms with Gasteiger partial charge >= 0.3 is 0 Å². The molecule has 5 N–H and O–H groups in total. The van der Waals surface area contributed by atoms with Crippen molar-refractivity contribution in [3.05, 3.63) is 59.7 Å². The Morgan fingerprint density at radius 3 is 2.40 bits per heavy atom. The van der Waals surface area contributed by atoms with Gasteiger partial charge in [0.05, 0.1) is 6.21 Å². The summed E-state index contributed by atoms with van der Waals surface area (Å²) in [6, 6.07) is 12.3. The molecule has 0 heterocycles. The summed E-state index contributed by atoms with van der Waals surface area (Å²) < 4.78 is 0. The second-order valence-electron chi connectivity index (χ2n) is 5.32. The first-order chi connectivity index (χ1) is 12.0. The van der Waals surface area contributed by atoms with Gasteiger partial charge in [0.1, 0.15) is 5.75 Å². The van der Waals surface area contributed by atoms with Gasteiger partial charge in [-0.1, -0.05) is 12.1 Å². The Hall–Kier alpha value is -3.74. The number of carbonyl (C=O) groups excluding carboxylic acids is 1. The topological polar surface area (TPSA) is 122 Å². The first-order valence-electron chi connectivity index (χ1n) is 7.26. The fourth-order valence-corrected chi connectivity index (χ4v) is 2.29. The highest BCUT2D eigenvalue weighted by atomic mass is 16.3. The summed E-state index contributed by atoms with van der Waals surface area (Å²) in [6.07, 6.45) is 1.14. The Morgan fingerprint density at radius 2 is 1.60 bits per heavy atom. The molecule has 3 rings (SSSR count). The van der Waals surface area contributed by atoms with Crippen molar-refractivity contribution in [2.45, 2.75) is 0 Å². The lowest BCUT2D eigenvalue weighted by molar-refractivity contribution is 0.0955. The van der Waals surface area contributed by atoms with E-state index in [4.69, 9.17) is 0 Å². The van der Waals surface area contributed by atoms with Crippen LogP contribution in [0.5, 0.6) is 23.0 Å². The average Bonchev–Trinajstić information content (AvgIpc) is 2.61. The number of hydrazone groups is 1. The molecule has 0 spiro atoms. The van der Waals surface area contributed by atoms with Gasteiger partial charge in [-0.3, -0.25) is 4.79 Å². The first kappa shape index (κ1) is 16.1. The van der Waals surface area contributed by atoms with Crippen LogP contribution in [-0.2, 0) is 0 Å². The van der Waals surface area contributed by atoms with E-state index in [0.29, 0.717) is 5.56 Å². The lowest BCUT2D eigenvalue weighted by Crippen LogP contribution is -2.17. The number of rotatable bonds is 3. The summed E-state index contributed by atoms with van der Waals surface area (Å²) in [7, 11) is 0. The molecule has 0 unspecified atom stereocenters. The number of hydrogen-bond acceptors (Lipinski definition) is 6. The molecule has 0 saturated heterocycles. The molecule has 0 bridgehead atoms. The van der Waals surface area contributed by atoms with Crippen LogP contribution in [0.1, 0.15) is 15.9 Å². The van der Waals surface area contributed by atoms with Crippen LogP contribution in [0.4, 0.5) is 0 Å². The number of benzene rings is 3. The minimum Gasteiger partial charge on any atom is -0.508 e. The van der Waals surface area contributed by atoms with Crippen molar-refractivity contribution in [1.82, 2.24) is 5.43 Å². The predicted molar refractivity (Wildman–Crippen MR) is 92.1 cm³/mol. The summed E-state index contributed by atoms with van der Waals surface area (Å²) in [4.78, 5) is 12.1. The summed E-state index contributed by atoms with van der Waals surface area (Å²) >= 11 is 0. The summed E-state index contributed by atoms with van der Waals surface area (Å²) in [5.41, 5.74) is 2.81. The van der Waals surface area contributed by atoms with E-state index in [1.165, 1.54) is 18.2 Å². The smallest absolute Gasteiger partial charge is 0.271 e. The van der Waals surface area contributed by atoms with Gasteiger partial charge in [0, 0.05) is 11.1 Å². The van der Waals surface area contributed by atoms with Gasteiger partial charge in [-0.05, 0) is 47.2 Å². The minimum absolute atomic E-state index is 0.129. The van der Waals surface area contributed by atoms with E-state index >= 15 is 0 Å². The van der Waals surface area contributed by atoms with Crippen LogP contribution >= 0.6 is 0 Å². The quantitative estimate of drug-likeness (QED) is 0.285. The number of amides is 1. The molecule has 0 atom stereocenters. The minimum atomic E-state index is -0.659. The number of fused-ring (bicyclic) bond motifs is 1. The summed E-state index contributed by atoms with van der Waals surface area (Å²) in [5, 5.41) is 43.1. The average molecular weight is 338 g/mol. The van der Waals surface area contributed by atoms with Gasteiger partial charge in [0.25, 0.3) is 5.91 Å². The molecule has 0 radical (unpaired) electrons. The van der Waals surface area contributed by atoms with Crippen LogP contribution in [0, 0.1) is 0 Å². The maximum Gasteiger partial charge on any atom is 0.271 e. The van der Waals surface area contributed by atoms with Gasteiger partial charge in [-0.25, -0.2) is 5.43 Å². The molecule has 7 heteroatoms. The van der Waals surface area contributed by atoms with E-state index in [2.05, 4.69) is 10.5 Å². The van der Waals surface area contributed by atoms with E-state index in [1.54, 1.807) is 30.3 Å². The highest BCUT2D eigenvalue weighted by Gasteiger charge is 2.10. The largest absolute Gasteiger partial charge is 0.508 e. The standard InChI is InChI=1S/C18H14N2O5/c21-14-5-3-10-7-12(2-1-11(10)8-14)18(25)20-19-9-13-4-6-15(22)17(24)16(13)23/h1-9,21-24H,(H,20,25)/b19-9+. The maximum atomic E-state index is 12.1. The zero-order chi connectivity index (χ0) is 18.0. The van der Waals surface area contributed by atoms with Crippen molar-refractivity contribution in [1.29, 1.82) is 0 Å². The number of nitrogens with one attached hydrogen (secondary N) is 1. The number of hydrogen-bond donors (Lipinski definition) is 5. The highest BCUT2D eigenvalue weighted by Crippen LogP contribution is 2.36. The number of nitrogens with zero attached hydrogens (tertiary/aromatic N) is 1. The molecule has 0 aromatic heterocycles. The van der Waals surface area contributed by atoms with Crippen LogP contribution in [-0.4, -0.2) is 32.5 Å². The second-order valence-corrected chi connectivity index (χ2v) is 5.32. The third-order valence-corrected chi connectivity index (χ3v) is 3.62. The third-order valence-electron chi connectivity index (χ3n) is 3.62. The first-order valence-corrected chi connectivity index (χ1v) is 7.26. The molecule has 0 aliphatic heterocycles. The van der Waals surface area contributed by atoms with Crippen LogP contribution < -0.4 is 5.43 Å². The predicted octanol–water partition coefficient (Wildman–Crippen LogP) is 2.43. The van der Waals surface area contributed by atoms with E-state index in [9.17, 15) is 25.2 Å². The van der Waals surface area contributed by atoms with Gasteiger partial charge in [0.15, 0.2) is 11.5 Å². The van der Waals surface area contributed by atoms with E-state index in [-0.39, 0.29) is 11.3 Å². The molecule has 1 amide bonds. The highest BCUT2D eigenvalue weighted by molar-refractivity contribution is 5.99. The second kappa shape index (κ2) is 6.40. The summed E-state index contributed by atoms with van der Waals surface area (Å²) in [6.45, 7) is 0. The van der Waals surface area contributed by atoms with E-state index in [1.807, 2.05) is 0 Å². The number of aromatic hydroxyl groups is 4. The lowest BCUT2D eigenvalue weighted by Gasteiger charge is -2.04. The van der Waals surface area contributed by atoms with E-state index in [0.717, 1.165) is 17.0 Å². The molecular formula is C18H14N2O5. The SMILES string of the molecule is O=C(N/N=C/c1ccc(O)c(O)c1O)c1ccc2cc(O)ccc2c1. The fourth-order valence-electron chi connectivity index (χ4n) is 2.29. The zero-order valence-electron chi connectivity index (χ0n) is 12.8. The zero-order valence-corrected chi connectivity index (χ0v) is 12.8. The van der Waals surface area contributed by atoms with Crippen molar-refractivity contribution in [2.75, 3.05) is 0 Å². The molecular weight excluding hydrogens is 324 g/mol. The molecule has 0 aliphatic carbocycles. The molecule has 0 fully saturated rings. The molecule has 7 nitrogen and oxygen atoms in total. The van der Waals surface area contributed by atoms with Gasteiger partial charge in [0.2, 0.25) is 5.75 Å². The number of carbonyl (C=O) groups is 1.